The van der Waals surface area contributed by atoms with E-state index in [0.29, 0.717) is 6.54 Å². The van der Waals surface area contributed by atoms with Gasteiger partial charge in [-0.3, -0.25) is 9.59 Å². The van der Waals surface area contributed by atoms with Gasteiger partial charge in [0.25, 0.3) is 0 Å². The van der Waals surface area contributed by atoms with Crippen LogP contribution in [0.3, 0.4) is 0 Å². The molecular formula is C21H29N3O2. The SMILES string of the molecule is C=CCNC(=O)C1CCC(C(=O)N2CCN(c3ccccc3)CC2)CC1. The number of carbonyl (C=O) groups is 2. The second kappa shape index (κ2) is 8.88. The van der Waals surface area contributed by atoms with Gasteiger partial charge in [0.1, 0.15) is 0 Å². The standard InChI is InChI=1S/C21H29N3O2/c1-2-12-22-20(25)17-8-10-18(11-9-17)21(26)24-15-13-23(14-16-24)19-6-4-3-5-7-19/h2-7,17-18H,1,8-16H2,(H,22,25). The molecule has 1 saturated heterocycles. The third-order valence-corrected chi connectivity index (χ3v) is 5.58. The highest BCUT2D eigenvalue weighted by Gasteiger charge is 2.33. The van der Waals surface area contributed by atoms with Crippen LogP contribution >= 0.6 is 0 Å². The minimum Gasteiger partial charge on any atom is -0.368 e. The molecule has 3 rings (SSSR count). The zero-order valence-electron chi connectivity index (χ0n) is 15.4. The lowest BCUT2D eigenvalue weighted by Gasteiger charge is -2.38. The maximum Gasteiger partial charge on any atom is 0.225 e. The molecule has 0 aromatic heterocycles. The number of nitrogens with zero attached hydrogens (tertiary/aromatic N) is 2. The molecule has 1 saturated carbocycles. The summed E-state index contributed by atoms with van der Waals surface area (Å²) in [6.07, 6.45) is 4.96. The number of benzene rings is 1. The van der Waals surface area contributed by atoms with E-state index < -0.39 is 0 Å². The van der Waals surface area contributed by atoms with Crippen LogP contribution in [0.15, 0.2) is 43.0 Å². The normalized spacial score (nSPS) is 23.4. The van der Waals surface area contributed by atoms with Gasteiger partial charge < -0.3 is 15.1 Å². The molecule has 1 aromatic rings. The van der Waals surface area contributed by atoms with Crippen molar-refractivity contribution in [3.05, 3.63) is 43.0 Å². The molecule has 1 N–H and O–H groups in total. The average molecular weight is 355 g/mol. The number of piperazine rings is 1. The molecule has 140 valence electrons. The van der Waals surface area contributed by atoms with Crippen molar-refractivity contribution in [1.82, 2.24) is 10.2 Å². The van der Waals surface area contributed by atoms with Crippen molar-refractivity contribution in [1.29, 1.82) is 0 Å². The van der Waals surface area contributed by atoms with E-state index in [1.165, 1.54) is 5.69 Å². The van der Waals surface area contributed by atoms with Gasteiger partial charge in [0.2, 0.25) is 11.8 Å². The summed E-state index contributed by atoms with van der Waals surface area (Å²) in [6.45, 7) is 7.48. The molecule has 26 heavy (non-hydrogen) atoms. The van der Waals surface area contributed by atoms with E-state index >= 15 is 0 Å². The third kappa shape index (κ3) is 4.45. The van der Waals surface area contributed by atoms with E-state index in [4.69, 9.17) is 0 Å². The number of carbonyl (C=O) groups excluding carboxylic acids is 2. The third-order valence-electron chi connectivity index (χ3n) is 5.58. The summed E-state index contributed by atoms with van der Waals surface area (Å²) in [6, 6.07) is 10.4. The van der Waals surface area contributed by atoms with Gasteiger partial charge in [-0.1, -0.05) is 24.3 Å². The number of nitrogens with one attached hydrogen (secondary N) is 1. The number of hydrogen-bond donors (Lipinski definition) is 1. The molecule has 5 heteroatoms. The fourth-order valence-electron chi connectivity index (χ4n) is 4.00. The summed E-state index contributed by atoms with van der Waals surface area (Å²) < 4.78 is 0. The molecule has 1 heterocycles. The summed E-state index contributed by atoms with van der Waals surface area (Å²) >= 11 is 0. The van der Waals surface area contributed by atoms with Crippen LogP contribution in [-0.2, 0) is 9.59 Å². The topological polar surface area (TPSA) is 52.7 Å². The van der Waals surface area contributed by atoms with Crippen LogP contribution in [-0.4, -0.2) is 49.4 Å². The quantitative estimate of drug-likeness (QED) is 0.826. The van der Waals surface area contributed by atoms with Gasteiger partial charge >= 0.3 is 0 Å². The number of rotatable bonds is 5. The lowest BCUT2D eigenvalue weighted by atomic mass is 9.81. The van der Waals surface area contributed by atoms with Gasteiger partial charge in [0.15, 0.2) is 0 Å². The van der Waals surface area contributed by atoms with Crippen LogP contribution in [0.5, 0.6) is 0 Å². The Morgan fingerprint density at radius 2 is 1.62 bits per heavy atom. The fourth-order valence-corrected chi connectivity index (χ4v) is 4.00. The zero-order chi connectivity index (χ0) is 18.4. The zero-order valence-corrected chi connectivity index (χ0v) is 15.4. The lowest BCUT2D eigenvalue weighted by Crippen LogP contribution is -2.51. The highest BCUT2D eigenvalue weighted by molar-refractivity contribution is 5.81. The molecule has 2 fully saturated rings. The predicted octanol–water partition coefficient (Wildman–Crippen LogP) is 2.44. The van der Waals surface area contributed by atoms with Gasteiger partial charge in [-0.25, -0.2) is 0 Å². The molecule has 0 radical (unpaired) electrons. The average Bonchev–Trinajstić information content (AvgIpc) is 2.72. The maximum absolute atomic E-state index is 12.8. The maximum atomic E-state index is 12.8. The Bertz CT molecular complexity index is 615. The largest absolute Gasteiger partial charge is 0.368 e. The van der Waals surface area contributed by atoms with Crippen molar-refractivity contribution < 1.29 is 9.59 Å². The van der Waals surface area contributed by atoms with E-state index in [-0.39, 0.29) is 23.7 Å². The molecular weight excluding hydrogens is 326 g/mol. The van der Waals surface area contributed by atoms with E-state index in [1.54, 1.807) is 6.08 Å². The monoisotopic (exact) mass is 355 g/mol. The first-order chi connectivity index (χ1) is 12.7. The van der Waals surface area contributed by atoms with Crippen molar-refractivity contribution in [3.8, 4) is 0 Å². The number of hydrogen-bond acceptors (Lipinski definition) is 3. The number of para-hydroxylation sites is 1. The summed E-state index contributed by atoms with van der Waals surface area (Å²) in [5.41, 5.74) is 1.23. The molecule has 5 nitrogen and oxygen atoms in total. The smallest absolute Gasteiger partial charge is 0.225 e. The molecule has 2 amide bonds. The first kappa shape index (κ1) is 18.5. The Kier molecular flexibility index (Phi) is 6.31. The molecule has 0 bridgehead atoms. The van der Waals surface area contributed by atoms with Crippen LogP contribution in [0.2, 0.25) is 0 Å². The van der Waals surface area contributed by atoms with Gasteiger partial charge in [-0.05, 0) is 37.8 Å². The molecule has 0 unspecified atom stereocenters. The second-order valence-corrected chi connectivity index (χ2v) is 7.23. The Morgan fingerprint density at radius 1 is 1.00 bits per heavy atom. The number of anilines is 1. The molecule has 0 atom stereocenters. The van der Waals surface area contributed by atoms with Crippen molar-refractivity contribution in [2.45, 2.75) is 25.7 Å². The summed E-state index contributed by atoms with van der Waals surface area (Å²) in [5.74, 6) is 0.519. The molecule has 1 aromatic carbocycles. The fraction of sp³-hybridized carbons (Fsp3) is 0.524. The first-order valence-corrected chi connectivity index (χ1v) is 9.66. The Labute approximate surface area is 156 Å². The Morgan fingerprint density at radius 3 is 2.23 bits per heavy atom. The first-order valence-electron chi connectivity index (χ1n) is 9.66. The highest BCUT2D eigenvalue weighted by atomic mass is 16.2. The summed E-state index contributed by atoms with van der Waals surface area (Å²) in [7, 11) is 0. The summed E-state index contributed by atoms with van der Waals surface area (Å²) in [4.78, 5) is 29.2. The van der Waals surface area contributed by atoms with Crippen LogP contribution in [0.4, 0.5) is 5.69 Å². The van der Waals surface area contributed by atoms with Crippen molar-refractivity contribution in [2.75, 3.05) is 37.6 Å². The summed E-state index contributed by atoms with van der Waals surface area (Å²) in [5, 5.41) is 2.87. The van der Waals surface area contributed by atoms with Crippen molar-refractivity contribution in [2.24, 2.45) is 11.8 Å². The Balaban J connectivity index is 1.45. The second-order valence-electron chi connectivity index (χ2n) is 7.23. The minimum atomic E-state index is 0.0499. The predicted molar refractivity (Wildman–Crippen MR) is 104 cm³/mol. The number of amides is 2. The highest BCUT2D eigenvalue weighted by Crippen LogP contribution is 2.30. The van der Waals surface area contributed by atoms with Crippen LogP contribution in [0.25, 0.3) is 0 Å². The van der Waals surface area contributed by atoms with E-state index in [2.05, 4.69) is 41.1 Å². The van der Waals surface area contributed by atoms with E-state index in [1.807, 2.05) is 11.0 Å². The van der Waals surface area contributed by atoms with Crippen LogP contribution in [0, 0.1) is 11.8 Å². The lowest BCUT2D eigenvalue weighted by molar-refractivity contribution is -0.138. The van der Waals surface area contributed by atoms with E-state index in [0.717, 1.165) is 51.9 Å². The molecule has 2 aliphatic rings. The van der Waals surface area contributed by atoms with Crippen molar-refractivity contribution in [3.63, 3.8) is 0 Å². The van der Waals surface area contributed by atoms with Crippen molar-refractivity contribution >= 4 is 17.5 Å². The van der Waals surface area contributed by atoms with Gasteiger partial charge in [0, 0.05) is 50.2 Å². The minimum absolute atomic E-state index is 0.0499. The van der Waals surface area contributed by atoms with Crippen LogP contribution < -0.4 is 10.2 Å². The van der Waals surface area contributed by atoms with E-state index in [9.17, 15) is 9.59 Å². The van der Waals surface area contributed by atoms with Crippen LogP contribution in [0.1, 0.15) is 25.7 Å². The Hall–Kier alpha value is -2.30. The van der Waals surface area contributed by atoms with Gasteiger partial charge in [-0.2, -0.15) is 0 Å². The van der Waals surface area contributed by atoms with Gasteiger partial charge in [-0.15, -0.1) is 6.58 Å². The molecule has 0 spiro atoms. The molecule has 1 aliphatic heterocycles. The van der Waals surface area contributed by atoms with Gasteiger partial charge in [0.05, 0.1) is 0 Å². The molecule has 1 aliphatic carbocycles.